The first-order chi connectivity index (χ1) is 12.0. The lowest BCUT2D eigenvalue weighted by atomic mass is 10.1. The molecule has 1 aromatic carbocycles. The minimum atomic E-state index is 0.288. The molecular weight excluding hydrogens is 312 g/mol. The smallest absolute Gasteiger partial charge is 0.146 e. The number of hydrogen-bond donors (Lipinski definition) is 2. The van der Waals surface area contributed by atoms with Gasteiger partial charge < -0.3 is 15.4 Å². The Morgan fingerprint density at radius 1 is 1.16 bits per heavy atom. The number of aliphatic imine (C=N–C) groups is 1. The molecule has 0 unspecified atom stereocenters. The number of hydrogen-bond acceptors (Lipinski definition) is 5. The van der Waals surface area contributed by atoms with E-state index in [4.69, 9.17) is 15.9 Å². The van der Waals surface area contributed by atoms with E-state index in [-0.39, 0.29) is 5.71 Å². The summed E-state index contributed by atoms with van der Waals surface area (Å²) in [6, 6.07) is 8.58. The molecule has 25 heavy (non-hydrogen) atoms. The molecule has 0 fully saturated rings. The van der Waals surface area contributed by atoms with Crippen LogP contribution in [0.1, 0.15) is 34.1 Å². The molecule has 5 nitrogen and oxygen atoms in total. The van der Waals surface area contributed by atoms with E-state index in [9.17, 15) is 0 Å². The second kappa shape index (κ2) is 8.51. The van der Waals surface area contributed by atoms with Gasteiger partial charge in [0.2, 0.25) is 0 Å². The predicted molar refractivity (Wildman–Crippen MR) is 106 cm³/mol. The first-order valence-corrected chi connectivity index (χ1v) is 8.82. The zero-order valence-corrected chi connectivity index (χ0v) is 15.5. The third-order valence-electron chi connectivity index (χ3n) is 3.99. The van der Waals surface area contributed by atoms with E-state index in [1.807, 2.05) is 19.1 Å². The van der Waals surface area contributed by atoms with Gasteiger partial charge in [-0.2, -0.15) is 0 Å². The SMILES string of the molecule is CCCOC1=CC(=Nc2ccc(N(CC)C(C)C)cc2)C(N)=CC1=N. The average molecular weight is 340 g/mol. The van der Waals surface area contributed by atoms with Crippen LogP contribution in [0.4, 0.5) is 11.4 Å². The van der Waals surface area contributed by atoms with Crippen LogP contribution in [0.2, 0.25) is 0 Å². The van der Waals surface area contributed by atoms with Crippen molar-refractivity contribution in [2.24, 2.45) is 10.7 Å². The fourth-order valence-electron chi connectivity index (χ4n) is 2.72. The number of anilines is 1. The number of nitrogens with zero attached hydrogens (tertiary/aromatic N) is 2. The summed E-state index contributed by atoms with van der Waals surface area (Å²) in [6.45, 7) is 10.1. The van der Waals surface area contributed by atoms with Gasteiger partial charge in [0, 0.05) is 24.4 Å². The Morgan fingerprint density at radius 2 is 1.84 bits per heavy atom. The third-order valence-corrected chi connectivity index (χ3v) is 3.99. The average Bonchev–Trinajstić information content (AvgIpc) is 2.58. The van der Waals surface area contributed by atoms with Crippen LogP contribution in [0.5, 0.6) is 0 Å². The highest BCUT2D eigenvalue weighted by molar-refractivity contribution is 6.22. The molecule has 134 valence electrons. The molecule has 0 saturated heterocycles. The van der Waals surface area contributed by atoms with Gasteiger partial charge in [0.05, 0.1) is 29.4 Å². The molecule has 0 bridgehead atoms. The minimum Gasteiger partial charge on any atom is -0.491 e. The van der Waals surface area contributed by atoms with Crippen molar-refractivity contribution < 1.29 is 4.74 Å². The van der Waals surface area contributed by atoms with E-state index in [0.717, 1.165) is 18.7 Å². The molecular formula is C20H28N4O. The molecule has 1 aromatic rings. The summed E-state index contributed by atoms with van der Waals surface area (Å²) in [5, 5.41) is 7.95. The van der Waals surface area contributed by atoms with Gasteiger partial charge in [0.1, 0.15) is 5.76 Å². The Bertz CT molecular complexity index is 699. The maximum absolute atomic E-state index is 7.95. The third kappa shape index (κ3) is 4.72. The first kappa shape index (κ1) is 18.8. The highest BCUT2D eigenvalue weighted by Crippen LogP contribution is 2.23. The van der Waals surface area contributed by atoms with Gasteiger partial charge in [-0.1, -0.05) is 6.92 Å². The van der Waals surface area contributed by atoms with Crippen molar-refractivity contribution in [3.05, 3.63) is 47.9 Å². The molecule has 2 rings (SSSR count). The van der Waals surface area contributed by atoms with Crippen molar-refractivity contribution >= 4 is 22.8 Å². The van der Waals surface area contributed by atoms with Crippen LogP contribution in [0, 0.1) is 5.41 Å². The van der Waals surface area contributed by atoms with Crippen molar-refractivity contribution in [1.82, 2.24) is 0 Å². The fourth-order valence-corrected chi connectivity index (χ4v) is 2.72. The molecule has 0 atom stereocenters. The second-order valence-electron chi connectivity index (χ2n) is 6.26. The highest BCUT2D eigenvalue weighted by Gasteiger charge is 2.15. The standard InChI is InChI=1S/C20H28N4O/c1-5-11-25-20-13-19(17(21)12-18(20)22)23-15-7-9-16(10-8-15)24(6-2)14(3)4/h7-10,12-14,22H,5-6,11,21H2,1-4H3. The summed E-state index contributed by atoms with van der Waals surface area (Å²) in [7, 11) is 0. The molecule has 5 heteroatoms. The van der Waals surface area contributed by atoms with Gasteiger partial charge in [-0.25, -0.2) is 4.99 Å². The lowest BCUT2D eigenvalue weighted by Gasteiger charge is -2.27. The molecule has 0 amide bonds. The fraction of sp³-hybridized carbons (Fsp3) is 0.400. The topological polar surface area (TPSA) is 74.7 Å². The zero-order chi connectivity index (χ0) is 18.4. The van der Waals surface area contributed by atoms with E-state index in [2.05, 4.69) is 42.8 Å². The number of ether oxygens (including phenoxy) is 1. The van der Waals surface area contributed by atoms with Crippen molar-refractivity contribution in [2.45, 2.75) is 40.2 Å². The molecule has 3 N–H and O–H groups in total. The van der Waals surface area contributed by atoms with Gasteiger partial charge in [-0.15, -0.1) is 0 Å². The maximum Gasteiger partial charge on any atom is 0.146 e. The van der Waals surface area contributed by atoms with Gasteiger partial charge in [0.25, 0.3) is 0 Å². The summed E-state index contributed by atoms with van der Waals surface area (Å²) < 4.78 is 5.60. The van der Waals surface area contributed by atoms with Gasteiger partial charge in [0.15, 0.2) is 0 Å². The van der Waals surface area contributed by atoms with E-state index >= 15 is 0 Å². The minimum absolute atomic E-state index is 0.288. The van der Waals surface area contributed by atoms with Crippen LogP contribution in [-0.4, -0.2) is 30.6 Å². The van der Waals surface area contributed by atoms with Crippen LogP contribution < -0.4 is 10.6 Å². The van der Waals surface area contributed by atoms with Crippen LogP contribution in [0.3, 0.4) is 0 Å². The van der Waals surface area contributed by atoms with E-state index in [1.165, 1.54) is 5.69 Å². The molecule has 0 radical (unpaired) electrons. The summed E-state index contributed by atoms with van der Waals surface area (Å²) in [5.74, 6) is 0.517. The quantitative estimate of drug-likeness (QED) is 0.731. The Morgan fingerprint density at radius 3 is 2.40 bits per heavy atom. The van der Waals surface area contributed by atoms with E-state index < -0.39 is 0 Å². The summed E-state index contributed by atoms with van der Waals surface area (Å²) in [4.78, 5) is 6.94. The van der Waals surface area contributed by atoms with Crippen molar-refractivity contribution in [3.63, 3.8) is 0 Å². The number of benzene rings is 1. The monoisotopic (exact) mass is 340 g/mol. The normalized spacial score (nSPS) is 16.0. The number of nitrogens with two attached hydrogens (primary N) is 1. The largest absolute Gasteiger partial charge is 0.491 e. The summed E-state index contributed by atoms with van der Waals surface area (Å²) in [5.41, 5.74) is 9.44. The number of nitrogens with one attached hydrogen (secondary N) is 1. The van der Waals surface area contributed by atoms with Gasteiger partial charge >= 0.3 is 0 Å². The van der Waals surface area contributed by atoms with Crippen LogP contribution >= 0.6 is 0 Å². The Labute approximate surface area is 150 Å². The molecule has 0 aliphatic heterocycles. The van der Waals surface area contributed by atoms with Crippen LogP contribution in [0.15, 0.2) is 52.9 Å². The highest BCUT2D eigenvalue weighted by atomic mass is 16.5. The Balaban J connectivity index is 2.24. The number of rotatable bonds is 7. The van der Waals surface area contributed by atoms with Gasteiger partial charge in [-0.05, 0) is 57.5 Å². The second-order valence-corrected chi connectivity index (χ2v) is 6.26. The Hall–Kier alpha value is -2.56. The van der Waals surface area contributed by atoms with Crippen molar-refractivity contribution in [3.8, 4) is 0 Å². The van der Waals surface area contributed by atoms with Crippen molar-refractivity contribution in [1.29, 1.82) is 5.41 Å². The van der Waals surface area contributed by atoms with Crippen LogP contribution in [-0.2, 0) is 4.74 Å². The zero-order valence-electron chi connectivity index (χ0n) is 15.5. The predicted octanol–water partition coefficient (Wildman–Crippen LogP) is 4.18. The van der Waals surface area contributed by atoms with Crippen molar-refractivity contribution in [2.75, 3.05) is 18.1 Å². The van der Waals surface area contributed by atoms with E-state index in [0.29, 0.717) is 29.8 Å². The maximum atomic E-state index is 7.95. The molecule has 1 aliphatic carbocycles. The summed E-state index contributed by atoms with van der Waals surface area (Å²) in [6.07, 6.45) is 4.23. The molecule has 0 spiro atoms. The summed E-state index contributed by atoms with van der Waals surface area (Å²) >= 11 is 0. The molecule has 0 aromatic heterocycles. The first-order valence-electron chi connectivity index (χ1n) is 8.82. The molecule has 0 heterocycles. The lowest BCUT2D eigenvalue weighted by Crippen LogP contribution is -2.30. The Kier molecular flexibility index (Phi) is 6.39. The van der Waals surface area contributed by atoms with Crippen LogP contribution in [0.25, 0.3) is 0 Å². The number of allylic oxidation sites excluding steroid dienone is 2. The molecule has 0 saturated carbocycles. The van der Waals surface area contributed by atoms with Gasteiger partial charge in [-0.3, -0.25) is 5.41 Å². The molecule has 1 aliphatic rings. The van der Waals surface area contributed by atoms with E-state index in [1.54, 1.807) is 12.2 Å². The lowest BCUT2D eigenvalue weighted by molar-refractivity contribution is 0.231.